The van der Waals surface area contributed by atoms with Gasteiger partial charge < -0.3 is 14.4 Å². The van der Waals surface area contributed by atoms with Crippen LogP contribution in [0.1, 0.15) is 36.8 Å². The summed E-state index contributed by atoms with van der Waals surface area (Å²) in [7, 11) is 4.08. The Bertz CT molecular complexity index is 893. The second kappa shape index (κ2) is 10.0. The summed E-state index contributed by atoms with van der Waals surface area (Å²) in [5.74, 6) is 0.897. The van der Waals surface area contributed by atoms with E-state index in [0.29, 0.717) is 13.2 Å². The first-order chi connectivity index (χ1) is 15.1. The van der Waals surface area contributed by atoms with Gasteiger partial charge in [0.2, 0.25) is 0 Å². The Kier molecular flexibility index (Phi) is 6.92. The molecule has 0 spiro atoms. The van der Waals surface area contributed by atoms with Crippen molar-refractivity contribution >= 4 is 11.7 Å². The third-order valence-electron chi connectivity index (χ3n) is 6.09. The lowest BCUT2D eigenvalue weighted by atomic mass is 9.83. The van der Waals surface area contributed by atoms with Gasteiger partial charge in [-0.2, -0.15) is 0 Å². The summed E-state index contributed by atoms with van der Waals surface area (Å²) in [6, 6.07) is 18.5. The van der Waals surface area contributed by atoms with E-state index >= 15 is 0 Å². The van der Waals surface area contributed by atoms with E-state index < -0.39 is 0 Å². The molecule has 0 aliphatic carbocycles. The number of hydrogen-bond donors (Lipinski definition) is 0. The van der Waals surface area contributed by atoms with Crippen molar-refractivity contribution in [2.45, 2.75) is 44.4 Å². The minimum atomic E-state index is -0.196. The van der Waals surface area contributed by atoms with Crippen LogP contribution in [0.3, 0.4) is 0 Å². The molecule has 2 aromatic carbocycles. The molecular formula is C26H32N2O3. The largest absolute Gasteiger partial charge is 0.492 e. The SMILES string of the molecule is CN(C)CCOc1ccc(C2=CC3CCCC(C2)N3C(=O)OCc2ccccc2)cc1. The molecule has 0 radical (unpaired) electrons. The predicted octanol–water partition coefficient (Wildman–Crippen LogP) is 4.97. The van der Waals surface area contributed by atoms with Gasteiger partial charge in [-0.15, -0.1) is 0 Å². The predicted molar refractivity (Wildman–Crippen MR) is 123 cm³/mol. The smallest absolute Gasteiger partial charge is 0.410 e. The molecule has 2 aliphatic heterocycles. The van der Waals surface area contributed by atoms with Gasteiger partial charge in [-0.3, -0.25) is 4.90 Å². The van der Waals surface area contributed by atoms with E-state index in [1.165, 1.54) is 11.1 Å². The number of benzene rings is 2. The highest BCUT2D eigenvalue weighted by atomic mass is 16.6. The van der Waals surface area contributed by atoms with E-state index in [1.807, 2.05) is 61.5 Å². The van der Waals surface area contributed by atoms with Crippen LogP contribution >= 0.6 is 0 Å². The summed E-state index contributed by atoms with van der Waals surface area (Å²) in [6.45, 7) is 1.90. The molecule has 2 heterocycles. The molecule has 31 heavy (non-hydrogen) atoms. The fourth-order valence-electron chi connectivity index (χ4n) is 4.43. The monoisotopic (exact) mass is 420 g/mol. The van der Waals surface area contributed by atoms with Crippen molar-refractivity contribution in [2.75, 3.05) is 27.2 Å². The normalized spacial score (nSPS) is 20.4. The highest BCUT2D eigenvalue weighted by Gasteiger charge is 2.38. The van der Waals surface area contributed by atoms with Gasteiger partial charge in [0.25, 0.3) is 0 Å². The zero-order valence-electron chi connectivity index (χ0n) is 18.5. The number of rotatable bonds is 7. The summed E-state index contributed by atoms with van der Waals surface area (Å²) >= 11 is 0. The number of carbonyl (C=O) groups is 1. The lowest BCUT2D eigenvalue weighted by Gasteiger charge is -2.44. The van der Waals surface area contributed by atoms with Crippen LogP contribution in [0.5, 0.6) is 5.75 Å². The lowest BCUT2D eigenvalue weighted by Crippen LogP contribution is -2.51. The fraction of sp³-hybridized carbons (Fsp3) is 0.423. The van der Waals surface area contributed by atoms with E-state index in [0.717, 1.165) is 43.5 Å². The van der Waals surface area contributed by atoms with Crippen LogP contribution in [0.4, 0.5) is 4.79 Å². The van der Waals surface area contributed by atoms with E-state index in [4.69, 9.17) is 9.47 Å². The minimum absolute atomic E-state index is 0.113. The molecule has 164 valence electrons. The van der Waals surface area contributed by atoms with E-state index in [2.05, 4.69) is 23.1 Å². The number of hydrogen-bond acceptors (Lipinski definition) is 4. The third-order valence-corrected chi connectivity index (χ3v) is 6.09. The first-order valence-electron chi connectivity index (χ1n) is 11.2. The topological polar surface area (TPSA) is 42.0 Å². The summed E-state index contributed by atoms with van der Waals surface area (Å²) in [4.78, 5) is 17.0. The maximum Gasteiger partial charge on any atom is 0.410 e. The number of amides is 1. The number of piperidine rings is 1. The molecule has 2 unspecified atom stereocenters. The molecule has 2 aliphatic rings. The van der Waals surface area contributed by atoms with Crippen LogP contribution in [-0.2, 0) is 11.3 Å². The highest BCUT2D eigenvalue weighted by molar-refractivity contribution is 5.74. The molecule has 0 aromatic heterocycles. The first-order valence-corrected chi connectivity index (χ1v) is 11.2. The van der Waals surface area contributed by atoms with Crippen LogP contribution in [0, 0.1) is 0 Å². The van der Waals surface area contributed by atoms with E-state index in [1.54, 1.807) is 0 Å². The van der Waals surface area contributed by atoms with E-state index in [-0.39, 0.29) is 18.2 Å². The number of ether oxygens (including phenoxy) is 2. The zero-order chi connectivity index (χ0) is 21.6. The third kappa shape index (κ3) is 5.47. The molecule has 4 rings (SSSR count). The summed E-state index contributed by atoms with van der Waals surface area (Å²) < 4.78 is 11.5. The molecule has 1 amide bonds. The zero-order valence-corrected chi connectivity index (χ0v) is 18.5. The van der Waals surface area contributed by atoms with Gasteiger partial charge in [-0.25, -0.2) is 4.79 Å². The number of fused-ring (bicyclic) bond motifs is 2. The Hall–Kier alpha value is -2.79. The number of likely N-dealkylation sites (N-methyl/N-ethyl adjacent to an activating group) is 1. The molecular weight excluding hydrogens is 388 g/mol. The van der Waals surface area contributed by atoms with Crippen LogP contribution in [0.2, 0.25) is 0 Å². The average molecular weight is 421 g/mol. The Morgan fingerprint density at radius 2 is 1.84 bits per heavy atom. The van der Waals surface area contributed by atoms with E-state index in [9.17, 15) is 4.79 Å². The van der Waals surface area contributed by atoms with Gasteiger partial charge in [-0.05, 0) is 68.6 Å². The molecule has 0 saturated carbocycles. The quantitative estimate of drug-likeness (QED) is 0.634. The molecule has 2 aromatic rings. The van der Waals surface area contributed by atoms with Crippen molar-refractivity contribution in [1.29, 1.82) is 0 Å². The molecule has 0 N–H and O–H groups in total. The average Bonchev–Trinajstić information content (AvgIpc) is 2.77. The summed E-state index contributed by atoms with van der Waals surface area (Å²) in [6.07, 6.45) is 6.12. The van der Waals surface area contributed by atoms with Crippen LogP contribution in [0.25, 0.3) is 5.57 Å². The second-order valence-corrected chi connectivity index (χ2v) is 8.67. The van der Waals surface area contributed by atoms with Gasteiger partial charge in [-0.1, -0.05) is 48.5 Å². The molecule has 2 atom stereocenters. The number of carbonyl (C=O) groups excluding carboxylic acids is 1. The van der Waals surface area contributed by atoms with Crippen molar-refractivity contribution in [3.05, 3.63) is 71.8 Å². The molecule has 1 saturated heterocycles. The summed E-state index contributed by atoms with van der Waals surface area (Å²) in [5, 5.41) is 0. The van der Waals surface area contributed by atoms with Crippen molar-refractivity contribution in [3.63, 3.8) is 0 Å². The van der Waals surface area contributed by atoms with Crippen molar-refractivity contribution in [3.8, 4) is 5.75 Å². The van der Waals surface area contributed by atoms with Gasteiger partial charge in [0, 0.05) is 12.6 Å². The molecule has 2 bridgehead atoms. The Labute approximate surface area is 185 Å². The Morgan fingerprint density at radius 1 is 1.06 bits per heavy atom. The highest BCUT2D eigenvalue weighted by Crippen LogP contribution is 2.37. The van der Waals surface area contributed by atoms with Gasteiger partial charge in [0.05, 0.1) is 6.04 Å². The van der Waals surface area contributed by atoms with Crippen molar-refractivity contribution in [1.82, 2.24) is 9.80 Å². The molecule has 5 nitrogen and oxygen atoms in total. The molecule has 1 fully saturated rings. The summed E-state index contributed by atoms with van der Waals surface area (Å²) in [5.41, 5.74) is 3.55. The lowest BCUT2D eigenvalue weighted by molar-refractivity contribution is 0.0510. The maximum atomic E-state index is 12.9. The first kappa shape index (κ1) is 21.4. The second-order valence-electron chi connectivity index (χ2n) is 8.67. The van der Waals surface area contributed by atoms with Crippen LogP contribution in [-0.4, -0.2) is 55.2 Å². The van der Waals surface area contributed by atoms with Crippen LogP contribution in [0.15, 0.2) is 60.7 Å². The minimum Gasteiger partial charge on any atom is -0.492 e. The van der Waals surface area contributed by atoms with Gasteiger partial charge >= 0.3 is 6.09 Å². The van der Waals surface area contributed by atoms with Crippen molar-refractivity contribution in [2.24, 2.45) is 0 Å². The molecule has 5 heteroatoms. The standard InChI is InChI=1S/C26H32N2O3/c1-27(2)15-16-30-25-13-11-21(12-14-25)22-17-23-9-6-10-24(18-22)28(23)26(29)31-19-20-7-4-3-5-8-20/h3-5,7-8,11-14,17,23-24H,6,9-10,15-16,18-19H2,1-2H3. The van der Waals surface area contributed by atoms with Crippen molar-refractivity contribution < 1.29 is 14.3 Å². The maximum absolute atomic E-state index is 12.9. The van der Waals surface area contributed by atoms with Crippen LogP contribution < -0.4 is 4.74 Å². The fourth-order valence-corrected chi connectivity index (χ4v) is 4.43. The number of nitrogens with zero attached hydrogens (tertiary/aromatic N) is 2. The Morgan fingerprint density at radius 3 is 2.55 bits per heavy atom. The van der Waals surface area contributed by atoms with Gasteiger partial charge in [0.15, 0.2) is 0 Å². The van der Waals surface area contributed by atoms with Gasteiger partial charge in [0.1, 0.15) is 19.0 Å². The Balaban J connectivity index is 1.40.